The Morgan fingerprint density at radius 1 is 0.964 bits per heavy atom. The number of carbonyl (C=O) groups excluding carboxylic acids is 1. The summed E-state index contributed by atoms with van der Waals surface area (Å²) in [6.07, 6.45) is 1.67. The number of cyclic esters (lactones) is 1. The van der Waals surface area contributed by atoms with Crippen LogP contribution in [0.5, 0.6) is 0 Å². The SMILES string of the molecule is Cc1ccc(/C=C2/N=C(c3c(-c4c(Cl)cccc4Cl)noc3C)OC2=O)cc1. The van der Waals surface area contributed by atoms with Crippen LogP contribution in [-0.2, 0) is 9.53 Å². The van der Waals surface area contributed by atoms with Crippen LogP contribution in [0, 0.1) is 13.8 Å². The zero-order valence-electron chi connectivity index (χ0n) is 15.0. The maximum atomic E-state index is 12.3. The molecule has 7 heteroatoms. The van der Waals surface area contributed by atoms with Gasteiger partial charge < -0.3 is 9.26 Å². The van der Waals surface area contributed by atoms with Gasteiger partial charge in [0.2, 0.25) is 5.90 Å². The third kappa shape index (κ3) is 3.35. The number of rotatable bonds is 3. The highest BCUT2D eigenvalue weighted by atomic mass is 35.5. The van der Waals surface area contributed by atoms with Crippen LogP contribution in [0.25, 0.3) is 17.3 Å². The summed E-state index contributed by atoms with van der Waals surface area (Å²) in [5, 5.41) is 4.87. The molecule has 4 rings (SSSR count). The van der Waals surface area contributed by atoms with Gasteiger partial charge in [0, 0.05) is 5.56 Å². The van der Waals surface area contributed by atoms with Crippen LogP contribution in [0.1, 0.15) is 22.5 Å². The van der Waals surface area contributed by atoms with Gasteiger partial charge in [-0.25, -0.2) is 9.79 Å². The van der Waals surface area contributed by atoms with E-state index >= 15 is 0 Å². The molecule has 0 bridgehead atoms. The smallest absolute Gasteiger partial charge is 0.363 e. The maximum absolute atomic E-state index is 12.3. The summed E-state index contributed by atoms with van der Waals surface area (Å²) in [6, 6.07) is 12.9. The summed E-state index contributed by atoms with van der Waals surface area (Å²) in [7, 11) is 0. The quantitative estimate of drug-likeness (QED) is 0.414. The monoisotopic (exact) mass is 412 g/mol. The molecule has 0 aliphatic carbocycles. The number of benzene rings is 2. The Morgan fingerprint density at radius 3 is 2.32 bits per heavy atom. The van der Waals surface area contributed by atoms with E-state index < -0.39 is 5.97 Å². The third-order valence-electron chi connectivity index (χ3n) is 4.28. The molecule has 5 nitrogen and oxygen atoms in total. The molecule has 0 atom stereocenters. The van der Waals surface area contributed by atoms with Gasteiger partial charge in [-0.05, 0) is 37.6 Å². The van der Waals surface area contributed by atoms with Gasteiger partial charge in [0.1, 0.15) is 17.0 Å². The van der Waals surface area contributed by atoms with Gasteiger partial charge in [0.15, 0.2) is 5.70 Å². The van der Waals surface area contributed by atoms with Gasteiger partial charge in [-0.1, -0.05) is 64.3 Å². The van der Waals surface area contributed by atoms with Gasteiger partial charge >= 0.3 is 5.97 Å². The Balaban J connectivity index is 1.79. The van der Waals surface area contributed by atoms with Crippen LogP contribution >= 0.6 is 23.2 Å². The molecule has 2 aromatic carbocycles. The van der Waals surface area contributed by atoms with Crippen molar-refractivity contribution in [3.05, 3.63) is 80.7 Å². The zero-order chi connectivity index (χ0) is 19.8. The van der Waals surface area contributed by atoms with Gasteiger partial charge in [-0.2, -0.15) is 0 Å². The van der Waals surface area contributed by atoms with Crippen LogP contribution in [0.3, 0.4) is 0 Å². The summed E-state index contributed by atoms with van der Waals surface area (Å²) < 4.78 is 10.7. The standard InChI is InChI=1S/C21H14Cl2N2O3/c1-11-6-8-13(9-7-11)10-16-21(26)27-20(24-16)17-12(2)28-25-19(17)18-14(22)4-3-5-15(18)23/h3-10H,1-2H3/b16-10+. The lowest BCUT2D eigenvalue weighted by Crippen LogP contribution is -2.07. The lowest BCUT2D eigenvalue weighted by Gasteiger charge is -2.05. The van der Waals surface area contributed by atoms with Crippen molar-refractivity contribution in [2.75, 3.05) is 0 Å². The number of hydrogen-bond acceptors (Lipinski definition) is 5. The molecule has 28 heavy (non-hydrogen) atoms. The molecule has 140 valence electrons. The first-order chi connectivity index (χ1) is 13.4. The van der Waals surface area contributed by atoms with Crippen molar-refractivity contribution in [1.29, 1.82) is 0 Å². The number of aliphatic imine (C=N–C) groups is 1. The number of aromatic nitrogens is 1. The topological polar surface area (TPSA) is 64.7 Å². The van der Waals surface area contributed by atoms with E-state index in [0.29, 0.717) is 32.6 Å². The van der Waals surface area contributed by atoms with Crippen LogP contribution in [0.4, 0.5) is 0 Å². The second-order valence-electron chi connectivity index (χ2n) is 6.31. The molecule has 0 N–H and O–H groups in total. The van der Waals surface area contributed by atoms with E-state index in [2.05, 4.69) is 10.1 Å². The minimum atomic E-state index is -0.549. The van der Waals surface area contributed by atoms with Gasteiger partial charge in [-0.15, -0.1) is 0 Å². The van der Waals surface area contributed by atoms with E-state index in [-0.39, 0.29) is 11.6 Å². The van der Waals surface area contributed by atoms with E-state index in [0.717, 1.165) is 11.1 Å². The van der Waals surface area contributed by atoms with Crippen molar-refractivity contribution in [3.63, 3.8) is 0 Å². The highest BCUT2D eigenvalue weighted by Gasteiger charge is 2.31. The molecule has 0 saturated carbocycles. The number of ether oxygens (including phenoxy) is 1. The van der Waals surface area contributed by atoms with Gasteiger partial charge in [0.05, 0.1) is 10.0 Å². The molecule has 0 fully saturated rings. The molecule has 2 heterocycles. The average Bonchev–Trinajstić information content (AvgIpc) is 3.20. The van der Waals surface area contributed by atoms with Crippen molar-refractivity contribution < 1.29 is 14.1 Å². The minimum Gasteiger partial charge on any atom is -0.402 e. The van der Waals surface area contributed by atoms with Crippen LogP contribution in [0.15, 0.2) is 57.7 Å². The zero-order valence-corrected chi connectivity index (χ0v) is 16.5. The third-order valence-corrected chi connectivity index (χ3v) is 4.91. The first-order valence-corrected chi connectivity index (χ1v) is 9.20. The molecule has 1 aliphatic heterocycles. The largest absolute Gasteiger partial charge is 0.402 e. The average molecular weight is 413 g/mol. The molecule has 0 saturated heterocycles. The normalized spacial score (nSPS) is 15.1. The summed E-state index contributed by atoms with van der Waals surface area (Å²) in [4.78, 5) is 16.7. The van der Waals surface area contributed by atoms with Crippen LogP contribution in [-0.4, -0.2) is 17.0 Å². The molecule has 0 unspecified atom stereocenters. The molecule has 0 amide bonds. The second-order valence-corrected chi connectivity index (χ2v) is 7.12. The number of aryl methyl sites for hydroxylation is 2. The molecule has 1 aliphatic rings. The fourth-order valence-corrected chi connectivity index (χ4v) is 3.43. The van der Waals surface area contributed by atoms with E-state index in [4.69, 9.17) is 32.5 Å². The first-order valence-electron chi connectivity index (χ1n) is 8.44. The van der Waals surface area contributed by atoms with Crippen molar-refractivity contribution in [3.8, 4) is 11.3 Å². The van der Waals surface area contributed by atoms with E-state index in [1.807, 2.05) is 31.2 Å². The van der Waals surface area contributed by atoms with Crippen molar-refractivity contribution >= 4 is 41.1 Å². The lowest BCUT2D eigenvalue weighted by molar-refractivity contribution is -0.129. The molecule has 0 radical (unpaired) electrons. The molecule has 1 aromatic heterocycles. The maximum Gasteiger partial charge on any atom is 0.363 e. The van der Waals surface area contributed by atoms with Crippen molar-refractivity contribution in [1.82, 2.24) is 5.16 Å². The van der Waals surface area contributed by atoms with Crippen LogP contribution < -0.4 is 0 Å². The van der Waals surface area contributed by atoms with E-state index in [1.54, 1.807) is 31.2 Å². The summed E-state index contributed by atoms with van der Waals surface area (Å²) >= 11 is 12.6. The first kappa shape index (κ1) is 18.5. The highest BCUT2D eigenvalue weighted by Crippen LogP contribution is 2.38. The van der Waals surface area contributed by atoms with E-state index in [1.165, 1.54) is 0 Å². The van der Waals surface area contributed by atoms with Gasteiger partial charge in [0.25, 0.3) is 0 Å². The molecular weight excluding hydrogens is 399 g/mol. The minimum absolute atomic E-state index is 0.105. The number of carbonyl (C=O) groups is 1. The molecular formula is C21H14Cl2N2O3. The summed E-state index contributed by atoms with van der Waals surface area (Å²) in [5.41, 5.74) is 3.47. The summed E-state index contributed by atoms with van der Waals surface area (Å²) in [5.74, 6) is -0.00500. The van der Waals surface area contributed by atoms with Crippen LogP contribution in [0.2, 0.25) is 10.0 Å². The number of hydrogen-bond donors (Lipinski definition) is 0. The fourth-order valence-electron chi connectivity index (χ4n) is 2.86. The Morgan fingerprint density at radius 2 is 1.64 bits per heavy atom. The van der Waals surface area contributed by atoms with E-state index in [9.17, 15) is 4.79 Å². The predicted molar refractivity (Wildman–Crippen MR) is 108 cm³/mol. The Labute approximate surface area is 171 Å². The van der Waals surface area contributed by atoms with Crippen molar-refractivity contribution in [2.24, 2.45) is 4.99 Å². The highest BCUT2D eigenvalue weighted by molar-refractivity contribution is 6.39. The Hall–Kier alpha value is -2.89. The predicted octanol–water partition coefficient (Wildman–Crippen LogP) is 5.61. The number of halogens is 2. The second kappa shape index (κ2) is 7.26. The van der Waals surface area contributed by atoms with Gasteiger partial charge in [-0.3, -0.25) is 0 Å². The Kier molecular flexibility index (Phi) is 4.79. The fraction of sp³-hybridized carbons (Fsp3) is 0.0952. The molecule has 3 aromatic rings. The Bertz CT molecular complexity index is 1120. The molecule has 0 spiro atoms. The number of esters is 1. The number of nitrogens with zero attached hydrogens (tertiary/aromatic N) is 2. The van der Waals surface area contributed by atoms with Crippen molar-refractivity contribution in [2.45, 2.75) is 13.8 Å². The summed E-state index contributed by atoms with van der Waals surface area (Å²) in [6.45, 7) is 3.70. The lowest BCUT2D eigenvalue weighted by atomic mass is 10.1.